The summed E-state index contributed by atoms with van der Waals surface area (Å²) in [5.41, 5.74) is 1.98. The van der Waals surface area contributed by atoms with Crippen molar-refractivity contribution in [1.82, 2.24) is 10.3 Å². The maximum Gasteiger partial charge on any atom is 0.413 e. The molecule has 0 radical (unpaired) electrons. The molecule has 1 heterocycles. The summed E-state index contributed by atoms with van der Waals surface area (Å²) in [4.78, 5) is 15.1. The largest absolute Gasteiger partial charge is 0.413 e. The lowest BCUT2D eigenvalue weighted by Gasteiger charge is -2.14. The molecule has 0 saturated heterocycles. The van der Waals surface area contributed by atoms with Gasteiger partial charge in [0.25, 0.3) is 0 Å². The molecule has 0 unspecified atom stereocenters. The first-order valence-electron chi connectivity index (χ1n) is 6.83. The van der Waals surface area contributed by atoms with E-state index in [0.29, 0.717) is 5.75 Å². The Hall–Kier alpha value is -2.75. The van der Waals surface area contributed by atoms with Crippen molar-refractivity contribution in [2.45, 2.75) is 13.0 Å². The maximum absolute atomic E-state index is 12.0. The number of carbonyl (C=O) groups excluding carboxylic acids is 1. The highest BCUT2D eigenvalue weighted by Crippen LogP contribution is 2.24. The van der Waals surface area contributed by atoms with Crippen LogP contribution in [0.5, 0.6) is 5.75 Å². The molecule has 2 aromatic carbocycles. The monoisotopic (exact) mass is 280 g/mol. The summed E-state index contributed by atoms with van der Waals surface area (Å²) < 4.78 is 5.41. The van der Waals surface area contributed by atoms with E-state index in [1.54, 1.807) is 6.07 Å². The molecule has 4 nitrogen and oxygen atoms in total. The minimum absolute atomic E-state index is 0.107. The van der Waals surface area contributed by atoms with Gasteiger partial charge in [0.15, 0.2) is 0 Å². The number of benzene rings is 2. The predicted molar refractivity (Wildman–Crippen MR) is 82.3 cm³/mol. The molecule has 1 amide bonds. The number of hydrogen-bond donors (Lipinski definition) is 2. The fourth-order valence-electron chi connectivity index (χ4n) is 2.28. The number of ether oxygens (including phenoxy) is 1. The number of rotatable bonds is 3. The van der Waals surface area contributed by atoms with E-state index in [1.807, 2.05) is 61.7 Å². The Kier molecular flexibility index (Phi) is 3.60. The number of H-pyrrole nitrogens is 1. The second-order valence-corrected chi connectivity index (χ2v) is 4.86. The van der Waals surface area contributed by atoms with Gasteiger partial charge in [0, 0.05) is 17.1 Å². The molecule has 21 heavy (non-hydrogen) atoms. The van der Waals surface area contributed by atoms with Gasteiger partial charge < -0.3 is 15.0 Å². The number of aromatic nitrogens is 1. The van der Waals surface area contributed by atoms with Gasteiger partial charge in [0.2, 0.25) is 0 Å². The van der Waals surface area contributed by atoms with E-state index < -0.39 is 6.09 Å². The summed E-state index contributed by atoms with van der Waals surface area (Å²) >= 11 is 0. The highest BCUT2D eigenvalue weighted by atomic mass is 16.6. The van der Waals surface area contributed by atoms with Crippen molar-refractivity contribution in [2.24, 2.45) is 0 Å². The van der Waals surface area contributed by atoms with Crippen molar-refractivity contribution < 1.29 is 9.53 Å². The SMILES string of the molecule is C[C@@H](NC(=O)Oc1cccc2[nH]ccc12)c1ccccc1. The van der Waals surface area contributed by atoms with Crippen LogP contribution in [0.1, 0.15) is 18.5 Å². The molecule has 3 aromatic rings. The summed E-state index contributed by atoms with van der Waals surface area (Å²) in [7, 11) is 0. The molecule has 0 spiro atoms. The smallest absolute Gasteiger partial charge is 0.410 e. The zero-order valence-corrected chi connectivity index (χ0v) is 11.7. The van der Waals surface area contributed by atoms with Gasteiger partial charge in [-0.25, -0.2) is 4.79 Å². The van der Waals surface area contributed by atoms with E-state index in [4.69, 9.17) is 4.74 Å². The Bertz CT molecular complexity index is 750. The van der Waals surface area contributed by atoms with Gasteiger partial charge in [-0.3, -0.25) is 0 Å². The Labute approximate surface area is 122 Å². The van der Waals surface area contributed by atoms with Crippen molar-refractivity contribution in [1.29, 1.82) is 0 Å². The van der Waals surface area contributed by atoms with Gasteiger partial charge in [-0.1, -0.05) is 36.4 Å². The van der Waals surface area contributed by atoms with Gasteiger partial charge in [-0.15, -0.1) is 0 Å². The normalized spacial score (nSPS) is 12.0. The summed E-state index contributed by atoms with van der Waals surface area (Å²) in [6.45, 7) is 1.92. The molecule has 0 fully saturated rings. The summed E-state index contributed by atoms with van der Waals surface area (Å²) in [6.07, 6.45) is 1.36. The zero-order valence-electron chi connectivity index (χ0n) is 11.7. The quantitative estimate of drug-likeness (QED) is 0.761. The Balaban J connectivity index is 1.71. The third-order valence-corrected chi connectivity index (χ3v) is 3.39. The first-order valence-corrected chi connectivity index (χ1v) is 6.83. The van der Waals surface area contributed by atoms with Crippen LogP contribution in [-0.2, 0) is 0 Å². The van der Waals surface area contributed by atoms with Crippen LogP contribution < -0.4 is 10.1 Å². The lowest BCUT2D eigenvalue weighted by Crippen LogP contribution is -2.29. The highest BCUT2D eigenvalue weighted by Gasteiger charge is 2.12. The van der Waals surface area contributed by atoms with Crippen LogP contribution in [0.2, 0.25) is 0 Å². The van der Waals surface area contributed by atoms with Gasteiger partial charge in [0.1, 0.15) is 5.75 Å². The van der Waals surface area contributed by atoms with Crippen LogP contribution >= 0.6 is 0 Å². The number of hydrogen-bond acceptors (Lipinski definition) is 2. The Morgan fingerprint density at radius 3 is 2.71 bits per heavy atom. The van der Waals surface area contributed by atoms with E-state index >= 15 is 0 Å². The molecular weight excluding hydrogens is 264 g/mol. The number of fused-ring (bicyclic) bond motifs is 1. The topological polar surface area (TPSA) is 54.1 Å². The van der Waals surface area contributed by atoms with Gasteiger partial charge >= 0.3 is 6.09 Å². The molecule has 3 rings (SSSR count). The van der Waals surface area contributed by atoms with Crippen molar-refractivity contribution in [3.63, 3.8) is 0 Å². The molecule has 0 bridgehead atoms. The van der Waals surface area contributed by atoms with Crippen molar-refractivity contribution in [2.75, 3.05) is 0 Å². The number of nitrogens with one attached hydrogen (secondary N) is 2. The average molecular weight is 280 g/mol. The van der Waals surface area contributed by atoms with Gasteiger partial charge in [-0.05, 0) is 30.7 Å². The molecule has 0 aliphatic rings. The number of carbonyl (C=O) groups is 1. The predicted octanol–water partition coefficient (Wildman–Crippen LogP) is 4.02. The van der Waals surface area contributed by atoms with Crippen LogP contribution in [-0.4, -0.2) is 11.1 Å². The fourth-order valence-corrected chi connectivity index (χ4v) is 2.28. The molecule has 0 saturated carbocycles. The first kappa shape index (κ1) is 13.2. The Morgan fingerprint density at radius 2 is 1.90 bits per heavy atom. The van der Waals surface area contributed by atoms with E-state index in [2.05, 4.69) is 10.3 Å². The highest BCUT2D eigenvalue weighted by molar-refractivity contribution is 5.88. The molecule has 4 heteroatoms. The molecule has 0 aliphatic heterocycles. The van der Waals surface area contributed by atoms with E-state index in [0.717, 1.165) is 16.5 Å². The zero-order chi connectivity index (χ0) is 14.7. The van der Waals surface area contributed by atoms with Crippen molar-refractivity contribution >= 4 is 17.0 Å². The van der Waals surface area contributed by atoms with Crippen molar-refractivity contribution in [3.05, 3.63) is 66.4 Å². The minimum Gasteiger partial charge on any atom is -0.410 e. The van der Waals surface area contributed by atoms with Crippen LogP contribution in [0.15, 0.2) is 60.8 Å². The van der Waals surface area contributed by atoms with E-state index in [1.165, 1.54) is 0 Å². The average Bonchev–Trinajstić information content (AvgIpc) is 2.97. The molecule has 1 atom stereocenters. The van der Waals surface area contributed by atoms with E-state index in [-0.39, 0.29) is 6.04 Å². The van der Waals surface area contributed by atoms with Crippen molar-refractivity contribution in [3.8, 4) is 5.75 Å². The van der Waals surface area contributed by atoms with Crippen LogP contribution in [0.3, 0.4) is 0 Å². The number of amides is 1. The van der Waals surface area contributed by atoms with Gasteiger partial charge in [-0.2, -0.15) is 0 Å². The summed E-state index contributed by atoms with van der Waals surface area (Å²) in [5.74, 6) is 0.548. The second-order valence-electron chi connectivity index (χ2n) is 4.86. The summed E-state index contributed by atoms with van der Waals surface area (Å²) in [6, 6.07) is 17.1. The molecule has 0 aliphatic carbocycles. The molecular formula is C17H16N2O2. The lowest BCUT2D eigenvalue weighted by atomic mass is 10.1. The van der Waals surface area contributed by atoms with Crippen LogP contribution in [0, 0.1) is 0 Å². The second kappa shape index (κ2) is 5.71. The fraction of sp³-hybridized carbons (Fsp3) is 0.118. The molecule has 106 valence electrons. The molecule has 1 aromatic heterocycles. The minimum atomic E-state index is -0.458. The first-order chi connectivity index (χ1) is 10.2. The lowest BCUT2D eigenvalue weighted by molar-refractivity contribution is 0.197. The van der Waals surface area contributed by atoms with Gasteiger partial charge in [0.05, 0.1) is 6.04 Å². The third kappa shape index (κ3) is 2.89. The van der Waals surface area contributed by atoms with Crippen LogP contribution in [0.4, 0.5) is 4.79 Å². The number of aromatic amines is 1. The van der Waals surface area contributed by atoms with Crippen LogP contribution in [0.25, 0.3) is 10.9 Å². The Morgan fingerprint density at radius 1 is 1.10 bits per heavy atom. The van der Waals surface area contributed by atoms with E-state index in [9.17, 15) is 4.79 Å². The third-order valence-electron chi connectivity index (χ3n) is 3.39. The standard InChI is InChI=1S/C17H16N2O2/c1-12(13-6-3-2-4-7-13)19-17(20)21-16-9-5-8-15-14(16)10-11-18-15/h2-12,18H,1H3,(H,19,20)/t12-/m1/s1. The molecule has 2 N–H and O–H groups in total. The summed E-state index contributed by atoms with van der Waals surface area (Å²) in [5, 5.41) is 3.72. The maximum atomic E-state index is 12.0.